The van der Waals surface area contributed by atoms with Gasteiger partial charge in [0, 0.05) is 59.5 Å². The summed E-state index contributed by atoms with van der Waals surface area (Å²) in [5, 5.41) is 1.45. The number of aromatic amines is 1. The Morgan fingerprint density at radius 3 is 2.34 bits per heavy atom. The van der Waals surface area contributed by atoms with E-state index in [1.165, 1.54) is 11.3 Å². The molecule has 0 atom stereocenters. The van der Waals surface area contributed by atoms with E-state index in [4.69, 9.17) is 23.2 Å². The first-order valence-electron chi connectivity index (χ1n) is 10.2. The minimum atomic E-state index is -0.160. The summed E-state index contributed by atoms with van der Waals surface area (Å²) >= 11 is 13.5. The van der Waals surface area contributed by atoms with Crippen LogP contribution >= 0.6 is 34.5 Å². The van der Waals surface area contributed by atoms with Gasteiger partial charge < -0.3 is 14.8 Å². The number of nitrogens with zero attached hydrogens (tertiary/aromatic N) is 3. The lowest BCUT2D eigenvalue weighted by molar-refractivity contribution is -0.132. The van der Waals surface area contributed by atoms with Crippen LogP contribution in [0.3, 0.4) is 0 Å². The number of aromatic nitrogens is 2. The van der Waals surface area contributed by atoms with Crippen LogP contribution < -0.4 is 5.56 Å². The number of hydrogen-bond donors (Lipinski definition) is 1. The van der Waals surface area contributed by atoms with Crippen LogP contribution in [0.2, 0.25) is 10.0 Å². The van der Waals surface area contributed by atoms with Gasteiger partial charge in [0.25, 0.3) is 11.5 Å². The van der Waals surface area contributed by atoms with Crippen molar-refractivity contribution in [1.82, 2.24) is 19.8 Å². The van der Waals surface area contributed by atoms with E-state index in [9.17, 15) is 14.4 Å². The van der Waals surface area contributed by atoms with Gasteiger partial charge in [-0.25, -0.2) is 4.98 Å². The fourth-order valence-corrected chi connectivity index (χ4v) is 5.39. The summed E-state index contributed by atoms with van der Waals surface area (Å²) in [5.41, 5.74) is 1.23. The van der Waals surface area contributed by atoms with Crippen molar-refractivity contribution in [3.05, 3.63) is 60.4 Å². The minimum absolute atomic E-state index is 0.0239. The highest BCUT2D eigenvalue weighted by atomic mass is 35.5. The lowest BCUT2D eigenvalue weighted by atomic mass is 10.1. The predicted molar refractivity (Wildman–Crippen MR) is 127 cm³/mol. The van der Waals surface area contributed by atoms with Crippen molar-refractivity contribution in [1.29, 1.82) is 0 Å². The monoisotopic (exact) mass is 492 g/mol. The second-order valence-electron chi connectivity index (χ2n) is 7.81. The van der Waals surface area contributed by atoms with Crippen molar-refractivity contribution in [2.75, 3.05) is 26.2 Å². The molecule has 1 saturated heterocycles. The van der Waals surface area contributed by atoms with Gasteiger partial charge in [-0.05, 0) is 37.6 Å². The molecule has 3 aromatic rings. The largest absolute Gasteiger partial charge is 0.339 e. The second-order valence-corrected chi connectivity index (χ2v) is 9.88. The number of halogens is 2. The molecule has 0 bridgehead atoms. The van der Waals surface area contributed by atoms with Crippen molar-refractivity contribution in [3.8, 4) is 0 Å². The molecule has 1 aliphatic heterocycles. The summed E-state index contributed by atoms with van der Waals surface area (Å²) in [5.74, 6) is 0.339. The molecule has 1 N–H and O–H groups in total. The number of rotatable bonds is 4. The Kier molecular flexibility index (Phi) is 6.55. The number of carbonyl (C=O) groups excluding carboxylic acids is 2. The Hall–Kier alpha value is -2.42. The molecular formula is C22H22Cl2N4O3S. The van der Waals surface area contributed by atoms with E-state index in [1.54, 1.807) is 28.0 Å². The number of carbonyl (C=O) groups is 2. The SMILES string of the molecule is Cc1sc2nc(CCC(=O)N3CCN(C(=O)c4cc(Cl)cc(Cl)c4)CC3)[nH]c(=O)c2c1C. The maximum Gasteiger partial charge on any atom is 0.259 e. The summed E-state index contributed by atoms with van der Waals surface area (Å²) in [7, 11) is 0. The number of amides is 2. The number of H-pyrrole nitrogens is 1. The molecule has 0 aliphatic carbocycles. The third-order valence-corrected chi connectivity index (χ3v) is 7.23. The summed E-state index contributed by atoms with van der Waals surface area (Å²) in [6, 6.07) is 4.76. The van der Waals surface area contributed by atoms with E-state index in [1.807, 2.05) is 13.8 Å². The van der Waals surface area contributed by atoms with E-state index in [2.05, 4.69) is 9.97 Å². The van der Waals surface area contributed by atoms with Gasteiger partial charge in [-0.2, -0.15) is 0 Å². The lowest BCUT2D eigenvalue weighted by Gasteiger charge is -2.35. The fraction of sp³-hybridized carbons (Fsp3) is 0.364. The number of fused-ring (bicyclic) bond motifs is 1. The van der Waals surface area contributed by atoms with Gasteiger partial charge in [0.15, 0.2) is 0 Å². The first kappa shape index (κ1) is 22.8. The molecule has 0 radical (unpaired) electrons. The van der Waals surface area contributed by atoms with Crippen LogP contribution in [0.5, 0.6) is 0 Å². The highest BCUT2D eigenvalue weighted by Gasteiger charge is 2.25. The summed E-state index contributed by atoms with van der Waals surface area (Å²) in [6.07, 6.45) is 0.607. The van der Waals surface area contributed by atoms with Crippen LogP contribution in [0.15, 0.2) is 23.0 Å². The topological polar surface area (TPSA) is 86.4 Å². The van der Waals surface area contributed by atoms with E-state index >= 15 is 0 Å². The first-order chi connectivity index (χ1) is 15.2. The van der Waals surface area contributed by atoms with Crippen LogP contribution in [0.25, 0.3) is 10.2 Å². The van der Waals surface area contributed by atoms with Gasteiger partial charge in [0.2, 0.25) is 5.91 Å². The van der Waals surface area contributed by atoms with Crippen LogP contribution in [0.4, 0.5) is 0 Å². The second kappa shape index (κ2) is 9.21. The van der Waals surface area contributed by atoms with Gasteiger partial charge in [-0.3, -0.25) is 14.4 Å². The molecule has 0 unspecified atom stereocenters. The smallest absolute Gasteiger partial charge is 0.259 e. The van der Waals surface area contributed by atoms with Gasteiger partial charge >= 0.3 is 0 Å². The molecule has 3 heterocycles. The summed E-state index contributed by atoms with van der Waals surface area (Å²) in [6.45, 7) is 5.65. The molecule has 1 aromatic carbocycles. The highest BCUT2D eigenvalue weighted by Crippen LogP contribution is 2.26. The van der Waals surface area contributed by atoms with E-state index in [0.29, 0.717) is 64.2 Å². The third-order valence-electron chi connectivity index (χ3n) is 5.69. The van der Waals surface area contributed by atoms with Gasteiger partial charge in [0.05, 0.1) is 5.39 Å². The zero-order valence-electron chi connectivity index (χ0n) is 17.7. The Morgan fingerprint density at radius 2 is 1.69 bits per heavy atom. The number of aryl methyl sites for hydroxylation is 3. The minimum Gasteiger partial charge on any atom is -0.339 e. The van der Waals surface area contributed by atoms with Crippen molar-refractivity contribution < 1.29 is 9.59 Å². The number of nitrogens with one attached hydrogen (secondary N) is 1. The van der Waals surface area contributed by atoms with Crippen LogP contribution in [-0.4, -0.2) is 57.8 Å². The molecule has 7 nitrogen and oxygen atoms in total. The van der Waals surface area contributed by atoms with Crippen LogP contribution in [0.1, 0.15) is 33.0 Å². The molecule has 168 valence electrons. The number of piperazine rings is 1. The lowest BCUT2D eigenvalue weighted by Crippen LogP contribution is -2.50. The first-order valence-corrected chi connectivity index (χ1v) is 11.8. The van der Waals surface area contributed by atoms with Gasteiger partial charge in [-0.15, -0.1) is 11.3 Å². The molecule has 2 aromatic heterocycles. The van der Waals surface area contributed by atoms with Crippen LogP contribution in [-0.2, 0) is 11.2 Å². The Bertz CT molecular complexity index is 1240. The van der Waals surface area contributed by atoms with E-state index in [-0.39, 0.29) is 23.8 Å². The molecule has 0 spiro atoms. The number of hydrogen-bond acceptors (Lipinski definition) is 5. The molecule has 0 saturated carbocycles. The van der Waals surface area contributed by atoms with E-state index in [0.717, 1.165) is 10.4 Å². The average Bonchev–Trinajstić information content (AvgIpc) is 3.04. The van der Waals surface area contributed by atoms with Gasteiger partial charge in [-0.1, -0.05) is 23.2 Å². The summed E-state index contributed by atoms with van der Waals surface area (Å²) < 4.78 is 0. The molecule has 10 heteroatoms. The standard InChI is InChI=1S/C22H22Cl2N4O3S/c1-12-13(2)32-21-19(12)20(30)25-17(26-21)3-4-18(29)27-5-7-28(8-6-27)22(31)14-9-15(23)11-16(24)10-14/h9-11H,3-8H2,1-2H3,(H,25,26,30). The number of benzene rings is 1. The molecule has 32 heavy (non-hydrogen) atoms. The average molecular weight is 493 g/mol. The zero-order chi connectivity index (χ0) is 23.0. The van der Waals surface area contributed by atoms with Crippen molar-refractivity contribution in [2.45, 2.75) is 26.7 Å². The fourth-order valence-electron chi connectivity index (χ4n) is 3.82. The Labute approximate surface area is 199 Å². The predicted octanol–water partition coefficient (Wildman–Crippen LogP) is 3.83. The van der Waals surface area contributed by atoms with Crippen molar-refractivity contribution >= 4 is 56.6 Å². The molecule has 1 aliphatic rings. The van der Waals surface area contributed by atoms with Gasteiger partial charge in [0.1, 0.15) is 10.7 Å². The quantitative estimate of drug-likeness (QED) is 0.599. The highest BCUT2D eigenvalue weighted by molar-refractivity contribution is 7.18. The molecule has 2 amide bonds. The van der Waals surface area contributed by atoms with E-state index < -0.39 is 0 Å². The molecular weight excluding hydrogens is 471 g/mol. The summed E-state index contributed by atoms with van der Waals surface area (Å²) in [4.78, 5) is 50.4. The molecule has 1 fully saturated rings. The number of thiophene rings is 1. The Morgan fingerprint density at radius 1 is 1.06 bits per heavy atom. The maximum absolute atomic E-state index is 12.7. The van der Waals surface area contributed by atoms with Crippen molar-refractivity contribution in [3.63, 3.8) is 0 Å². The normalized spacial score (nSPS) is 14.2. The van der Waals surface area contributed by atoms with Crippen molar-refractivity contribution in [2.24, 2.45) is 0 Å². The van der Waals surface area contributed by atoms with Crippen LogP contribution in [0, 0.1) is 13.8 Å². The zero-order valence-corrected chi connectivity index (χ0v) is 20.0. The third kappa shape index (κ3) is 4.67. The maximum atomic E-state index is 12.7. The molecule has 4 rings (SSSR count). The Balaban J connectivity index is 1.34.